The van der Waals surface area contributed by atoms with Crippen molar-refractivity contribution in [3.63, 3.8) is 0 Å². The van der Waals surface area contributed by atoms with Crippen molar-refractivity contribution in [2.45, 2.75) is 32.6 Å². The lowest BCUT2D eigenvalue weighted by Gasteiger charge is -2.25. The number of benzene rings is 2. The van der Waals surface area contributed by atoms with E-state index in [9.17, 15) is 18.0 Å². The molecule has 10 heteroatoms. The average molecular weight is 485 g/mol. The van der Waals surface area contributed by atoms with E-state index in [1.165, 1.54) is 18.5 Å². The largest absolute Gasteiger partial charge is 0.496 e. The number of rotatable bonds is 7. The molecule has 0 aliphatic carbocycles. The van der Waals surface area contributed by atoms with Crippen molar-refractivity contribution in [3.8, 4) is 22.6 Å². The fourth-order valence-corrected chi connectivity index (χ4v) is 3.77. The molecule has 0 fully saturated rings. The molecule has 34 heavy (non-hydrogen) atoms. The second-order valence-corrected chi connectivity index (χ2v) is 10.6. The van der Waals surface area contributed by atoms with Gasteiger partial charge < -0.3 is 9.72 Å². The number of nitrogens with one attached hydrogen (secondary N) is 2. The number of nitrogens with zero attached hydrogens (tertiary/aromatic N) is 2. The third-order valence-corrected chi connectivity index (χ3v) is 5.54. The summed E-state index contributed by atoms with van der Waals surface area (Å²) in [6.07, 6.45) is 4.26. The molecule has 0 atom stereocenters. The summed E-state index contributed by atoms with van der Waals surface area (Å²) in [6.45, 7) is 6.09. The Bertz CT molecular complexity index is 1400. The first-order valence-corrected chi connectivity index (χ1v) is 12.4. The van der Waals surface area contributed by atoms with Crippen molar-refractivity contribution in [3.05, 3.63) is 80.6 Å². The Morgan fingerprint density at radius 3 is 2.35 bits per heavy atom. The lowest BCUT2D eigenvalue weighted by molar-refractivity contribution is 0.399. The van der Waals surface area contributed by atoms with Crippen LogP contribution in [0.15, 0.2) is 63.4 Å². The highest BCUT2D eigenvalue weighted by atomic mass is 32.2. The first kappa shape index (κ1) is 25.0. The molecule has 1 heterocycles. The molecule has 0 bridgehead atoms. The van der Waals surface area contributed by atoms with Crippen LogP contribution < -0.4 is 20.8 Å². The molecular formula is C24H28N4O5S. The second-order valence-electron chi connectivity index (χ2n) is 8.86. The smallest absolute Gasteiger partial charge is 0.332 e. The van der Waals surface area contributed by atoms with Crippen molar-refractivity contribution in [2.75, 3.05) is 13.4 Å². The monoisotopic (exact) mass is 484 g/mol. The number of H-pyrrole nitrogens is 1. The van der Waals surface area contributed by atoms with Gasteiger partial charge in [-0.2, -0.15) is 5.10 Å². The molecule has 0 saturated carbocycles. The second kappa shape index (κ2) is 9.68. The molecule has 0 amide bonds. The van der Waals surface area contributed by atoms with Crippen LogP contribution in [0.25, 0.3) is 16.8 Å². The van der Waals surface area contributed by atoms with E-state index in [1.807, 2.05) is 45.0 Å². The molecule has 180 valence electrons. The first-order valence-electron chi connectivity index (χ1n) is 10.5. The SMILES string of the molecule is COc1c(-c2ccc(C/C=N/NS(C)(=O)=O)cc2)cc(-n2c(=O)cc[nH]c2=O)cc1C(C)(C)C. The highest BCUT2D eigenvalue weighted by Gasteiger charge is 2.24. The molecule has 3 rings (SSSR count). The number of hydrazone groups is 1. The number of methoxy groups -OCH3 is 1. The topological polar surface area (TPSA) is 123 Å². The lowest BCUT2D eigenvalue weighted by atomic mass is 9.83. The predicted octanol–water partition coefficient (Wildman–Crippen LogP) is 2.58. The van der Waals surface area contributed by atoms with Gasteiger partial charge in [0.1, 0.15) is 5.75 Å². The molecule has 0 saturated heterocycles. The van der Waals surface area contributed by atoms with Crippen LogP contribution in [0.2, 0.25) is 0 Å². The molecule has 0 radical (unpaired) electrons. The highest BCUT2D eigenvalue weighted by Crippen LogP contribution is 2.41. The summed E-state index contributed by atoms with van der Waals surface area (Å²) in [5.41, 5.74) is 2.49. The van der Waals surface area contributed by atoms with Gasteiger partial charge in [0.2, 0.25) is 10.0 Å². The molecule has 1 aromatic heterocycles. The van der Waals surface area contributed by atoms with Crippen LogP contribution in [-0.2, 0) is 21.9 Å². The minimum absolute atomic E-state index is 0.329. The average Bonchev–Trinajstić information content (AvgIpc) is 2.75. The van der Waals surface area contributed by atoms with Crippen molar-refractivity contribution in [1.82, 2.24) is 14.4 Å². The van der Waals surface area contributed by atoms with Crippen molar-refractivity contribution >= 4 is 16.2 Å². The van der Waals surface area contributed by atoms with Crippen LogP contribution >= 0.6 is 0 Å². The van der Waals surface area contributed by atoms with Gasteiger partial charge in [-0.15, -0.1) is 0 Å². The van der Waals surface area contributed by atoms with E-state index >= 15 is 0 Å². The van der Waals surface area contributed by atoms with Gasteiger partial charge in [-0.05, 0) is 28.7 Å². The quantitative estimate of drug-likeness (QED) is 0.394. The van der Waals surface area contributed by atoms with Crippen LogP contribution in [0.1, 0.15) is 31.9 Å². The number of aromatic amines is 1. The van der Waals surface area contributed by atoms with Crippen molar-refractivity contribution in [1.29, 1.82) is 0 Å². The molecule has 0 unspecified atom stereocenters. The highest BCUT2D eigenvalue weighted by molar-refractivity contribution is 7.88. The molecule has 0 aliphatic rings. The zero-order valence-electron chi connectivity index (χ0n) is 19.7. The van der Waals surface area contributed by atoms with Gasteiger partial charge >= 0.3 is 5.69 Å². The van der Waals surface area contributed by atoms with Crippen LogP contribution in [0.5, 0.6) is 5.75 Å². The van der Waals surface area contributed by atoms with Crippen LogP contribution in [-0.4, -0.2) is 37.5 Å². The van der Waals surface area contributed by atoms with E-state index in [0.29, 0.717) is 17.9 Å². The van der Waals surface area contributed by atoms with Gasteiger partial charge in [-0.3, -0.25) is 4.79 Å². The van der Waals surface area contributed by atoms with E-state index < -0.39 is 21.3 Å². The minimum atomic E-state index is -3.39. The normalized spacial score (nSPS) is 12.1. The molecule has 0 aliphatic heterocycles. The van der Waals surface area contributed by atoms with E-state index in [2.05, 4.69) is 14.9 Å². The van der Waals surface area contributed by atoms with Gasteiger partial charge in [-0.1, -0.05) is 45.0 Å². The molecular weight excluding hydrogens is 456 g/mol. The Morgan fingerprint density at radius 1 is 1.12 bits per heavy atom. The van der Waals surface area contributed by atoms with Crippen LogP contribution in [0.4, 0.5) is 0 Å². The number of aromatic nitrogens is 2. The maximum Gasteiger partial charge on any atom is 0.332 e. The van der Waals surface area contributed by atoms with Gasteiger partial charge in [0.25, 0.3) is 5.56 Å². The van der Waals surface area contributed by atoms with E-state index in [0.717, 1.165) is 33.1 Å². The minimum Gasteiger partial charge on any atom is -0.496 e. The number of hydrogen-bond acceptors (Lipinski definition) is 6. The summed E-state index contributed by atoms with van der Waals surface area (Å²) in [6, 6.07) is 12.5. The summed E-state index contributed by atoms with van der Waals surface area (Å²) < 4.78 is 29.1. The number of hydrogen-bond donors (Lipinski definition) is 2. The van der Waals surface area contributed by atoms with Gasteiger partial charge in [0.05, 0.1) is 19.1 Å². The van der Waals surface area contributed by atoms with Gasteiger partial charge in [-0.25, -0.2) is 22.6 Å². The Hall–Kier alpha value is -3.66. The van der Waals surface area contributed by atoms with Gasteiger partial charge in [0.15, 0.2) is 0 Å². The van der Waals surface area contributed by atoms with Crippen LogP contribution in [0, 0.1) is 0 Å². The molecule has 9 nitrogen and oxygen atoms in total. The summed E-state index contributed by atoms with van der Waals surface area (Å²) in [4.78, 5) is 29.6. The summed E-state index contributed by atoms with van der Waals surface area (Å²) in [5, 5.41) is 3.70. The molecule has 0 spiro atoms. The van der Waals surface area contributed by atoms with Gasteiger partial charge in [0, 0.05) is 36.0 Å². The first-order chi connectivity index (χ1) is 15.9. The van der Waals surface area contributed by atoms with E-state index in [-0.39, 0.29) is 5.41 Å². The zero-order chi connectivity index (χ0) is 25.1. The number of sulfonamides is 1. The lowest BCUT2D eigenvalue weighted by Crippen LogP contribution is -2.32. The Labute approximate surface area is 198 Å². The molecule has 3 aromatic rings. The van der Waals surface area contributed by atoms with Crippen LogP contribution in [0.3, 0.4) is 0 Å². The Morgan fingerprint density at radius 2 is 1.79 bits per heavy atom. The zero-order valence-corrected chi connectivity index (χ0v) is 20.6. The third kappa shape index (κ3) is 5.82. The summed E-state index contributed by atoms with van der Waals surface area (Å²) in [5.74, 6) is 0.656. The predicted molar refractivity (Wildman–Crippen MR) is 134 cm³/mol. The fourth-order valence-electron chi connectivity index (χ4n) is 3.51. The molecule has 2 aromatic carbocycles. The summed E-state index contributed by atoms with van der Waals surface area (Å²) in [7, 11) is -1.80. The Balaban J connectivity index is 2.10. The van der Waals surface area contributed by atoms with Crippen molar-refractivity contribution in [2.24, 2.45) is 5.10 Å². The fraction of sp³-hybridized carbons (Fsp3) is 0.292. The standard InChI is InChI=1S/C24H28N4O5S/c1-24(2,3)20-15-18(28-21(29)11-12-25-23(28)30)14-19(22(20)33-4)17-8-6-16(7-9-17)10-13-26-27-34(5,31)32/h6-9,11-15,27H,10H2,1-5H3,(H,25,30)/b26-13+. The maximum atomic E-state index is 12.5. The van der Waals surface area contributed by atoms with E-state index in [1.54, 1.807) is 19.2 Å². The number of ether oxygens (including phenoxy) is 1. The maximum absolute atomic E-state index is 12.5. The third-order valence-electron chi connectivity index (χ3n) is 5.10. The van der Waals surface area contributed by atoms with Crippen molar-refractivity contribution < 1.29 is 13.2 Å². The molecule has 2 N–H and O–H groups in total. The Kier molecular flexibility index (Phi) is 7.11. The summed E-state index contributed by atoms with van der Waals surface area (Å²) >= 11 is 0. The van der Waals surface area contributed by atoms with E-state index in [4.69, 9.17) is 4.74 Å².